The van der Waals surface area contributed by atoms with E-state index in [0.717, 1.165) is 43.7 Å². The minimum atomic E-state index is -0.942. The highest BCUT2D eigenvalue weighted by atomic mass is 16.4. The van der Waals surface area contributed by atoms with Gasteiger partial charge in [-0.2, -0.15) is 0 Å². The van der Waals surface area contributed by atoms with Crippen LogP contribution in [0.15, 0.2) is 84.9 Å². The van der Waals surface area contributed by atoms with Gasteiger partial charge in [-0.3, -0.25) is 0 Å². The molecule has 1 aliphatic rings. The molecule has 1 fully saturated rings. The SMILES string of the molecule is CC/C(=C(/c1ccc(/C=C/C(=O)O)cc1)c1ccc(N2CCN(C)CC2)cc1)c1ccccc1. The maximum Gasteiger partial charge on any atom is 0.328 e. The van der Waals surface area contributed by atoms with Crippen molar-refractivity contribution in [3.63, 3.8) is 0 Å². The number of aliphatic carboxylic acids is 1. The molecule has 1 N–H and O–H groups in total. The molecule has 0 saturated carbocycles. The van der Waals surface area contributed by atoms with Crippen LogP contribution in [-0.4, -0.2) is 49.2 Å². The molecule has 174 valence electrons. The number of likely N-dealkylation sites (N-methyl/N-ethyl adjacent to an activating group) is 1. The van der Waals surface area contributed by atoms with Gasteiger partial charge in [0.2, 0.25) is 0 Å². The lowest BCUT2D eigenvalue weighted by Crippen LogP contribution is -2.44. The number of hydrogen-bond acceptors (Lipinski definition) is 3. The lowest BCUT2D eigenvalue weighted by molar-refractivity contribution is -0.131. The van der Waals surface area contributed by atoms with Crippen molar-refractivity contribution in [3.05, 3.63) is 107 Å². The Balaban J connectivity index is 1.74. The molecule has 0 aromatic heterocycles. The normalized spacial score (nSPS) is 15.4. The molecule has 1 heterocycles. The summed E-state index contributed by atoms with van der Waals surface area (Å²) >= 11 is 0. The predicted molar refractivity (Wildman–Crippen MR) is 142 cm³/mol. The fourth-order valence-electron chi connectivity index (χ4n) is 4.51. The van der Waals surface area contributed by atoms with E-state index in [4.69, 9.17) is 5.11 Å². The maximum atomic E-state index is 10.9. The van der Waals surface area contributed by atoms with E-state index < -0.39 is 5.97 Å². The molecular formula is C30H32N2O2. The van der Waals surface area contributed by atoms with Gasteiger partial charge in [0.1, 0.15) is 0 Å². The van der Waals surface area contributed by atoms with E-state index in [1.54, 1.807) is 6.08 Å². The van der Waals surface area contributed by atoms with Gasteiger partial charge in [-0.1, -0.05) is 73.7 Å². The van der Waals surface area contributed by atoms with Gasteiger partial charge in [0.05, 0.1) is 0 Å². The zero-order valence-corrected chi connectivity index (χ0v) is 19.9. The first-order valence-electron chi connectivity index (χ1n) is 11.9. The molecule has 3 aromatic carbocycles. The van der Waals surface area contributed by atoms with Crippen LogP contribution in [0.4, 0.5) is 5.69 Å². The Labute approximate surface area is 202 Å². The third-order valence-corrected chi connectivity index (χ3v) is 6.42. The van der Waals surface area contributed by atoms with E-state index in [2.05, 4.69) is 84.4 Å². The predicted octanol–water partition coefficient (Wildman–Crippen LogP) is 5.91. The minimum absolute atomic E-state index is 0.869. The molecular weight excluding hydrogens is 420 g/mol. The van der Waals surface area contributed by atoms with Gasteiger partial charge < -0.3 is 14.9 Å². The van der Waals surface area contributed by atoms with Crippen LogP contribution in [0.5, 0.6) is 0 Å². The van der Waals surface area contributed by atoms with Gasteiger partial charge in [-0.15, -0.1) is 0 Å². The third kappa shape index (κ3) is 5.64. The Bertz CT molecular complexity index is 1150. The second kappa shape index (κ2) is 11.0. The number of piperazine rings is 1. The van der Waals surface area contributed by atoms with E-state index in [9.17, 15) is 4.79 Å². The molecule has 1 aliphatic heterocycles. The summed E-state index contributed by atoms with van der Waals surface area (Å²) in [5, 5.41) is 8.93. The largest absolute Gasteiger partial charge is 0.478 e. The van der Waals surface area contributed by atoms with Crippen molar-refractivity contribution in [2.45, 2.75) is 13.3 Å². The Hall–Kier alpha value is -3.63. The van der Waals surface area contributed by atoms with Crippen LogP contribution in [0.25, 0.3) is 17.2 Å². The topological polar surface area (TPSA) is 43.8 Å². The average Bonchev–Trinajstić information content (AvgIpc) is 2.87. The standard InChI is InChI=1S/C30H32N2O2/c1-3-28(24-7-5-4-6-8-24)30(25-12-9-23(10-13-25)11-18-29(33)34)26-14-16-27(17-15-26)32-21-19-31(2)20-22-32/h4-18H,3,19-22H2,1-2H3,(H,33,34)/b18-11+,30-28+. The summed E-state index contributed by atoms with van der Waals surface area (Å²) in [4.78, 5) is 15.7. The second-order valence-corrected chi connectivity index (χ2v) is 8.70. The smallest absolute Gasteiger partial charge is 0.328 e. The molecule has 0 bridgehead atoms. The van der Waals surface area contributed by atoms with E-state index in [-0.39, 0.29) is 0 Å². The van der Waals surface area contributed by atoms with Crippen molar-refractivity contribution in [2.75, 3.05) is 38.1 Å². The van der Waals surface area contributed by atoms with Gasteiger partial charge in [-0.05, 0) is 65.1 Å². The molecule has 4 heteroatoms. The molecule has 0 radical (unpaired) electrons. The summed E-state index contributed by atoms with van der Waals surface area (Å²) < 4.78 is 0. The van der Waals surface area contributed by atoms with Crippen LogP contribution in [-0.2, 0) is 4.79 Å². The Kier molecular flexibility index (Phi) is 7.61. The summed E-state index contributed by atoms with van der Waals surface area (Å²) in [5.41, 5.74) is 8.18. The molecule has 0 unspecified atom stereocenters. The highest BCUT2D eigenvalue weighted by Crippen LogP contribution is 2.35. The molecule has 34 heavy (non-hydrogen) atoms. The zero-order chi connectivity index (χ0) is 23.9. The lowest BCUT2D eigenvalue weighted by Gasteiger charge is -2.34. The molecule has 4 rings (SSSR count). The van der Waals surface area contributed by atoms with Crippen molar-refractivity contribution < 1.29 is 9.90 Å². The summed E-state index contributed by atoms with van der Waals surface area (Å²) in [6, 6.07) is 27.6. The number of carboxylic acid groups (broad SMARTS) is 1. The molecule has 0 amide bonds. The van der Waals surface area contributed by atoms with E-state index in [1.165, 1.54) is 34.0 Å². The average molecular weight is 453 g/mol. The van der Waals surface area contributed by atoms with Gasteiger partial charge in [0.15, 0.2) is 0 Å². The Morgan fingerprint density at radius 2 is 1.41 bits per heavy atom. The Morgan fingerprint density at radius 3 is 1.97 bits per heavy atom. The van der Waals surface area contributed by atoms with Gasteiger partial charge in [-0.25, -0.2) is 4.79 Å². The van der Waals surface area contributed by atoms with Crippen LogP contribution < -0.4 is 4.90 Å². The number of anilines is 1. The number of carboxylic acids is 1. The molecule has 0 spiro atoms. The van der Waals surface area contributed by atoms with Crippen LogP contribution in [0.3, 0.4) is 0 Å². The summed E-state index contributed by atoms with van der Waals surface area (Å²) in [6.45, 7) is 6.47. The lowest BCUT2D eigenvalue weighted by atomic mass is 9.88. The quantitative estimate of drug-likeness (QED) is 0.358. The first-order valence-corrected chi connectivity index (χ1v) is 11.9. The van der Waals surface area contributed by atoms with Crippen molar-refractivity contribution in [1.29, 1.82) is 0 Å². The summed E-state index contributed by atoms with van der Waals surface area (Å²) in [6.07, 6.45) is 3.70. The van der Waals surface area contributed by atoms with Crippen LogP contribution >= 0.6 is 0 Å². The van der Waals surface area contributed by atoms with E-state index in [0.29, 0.717) is 0 Å². The molecule has 3 aromatic rings. The third-order valence-electron chi connectivity index (χ3n) is 6.42. The number of nitrogens with zero attached hydrogens (tertiary/aromatic N) is 2. The van der Waals surface area contributed by atoms with Gasteiger partial charge in [0.25, 0.3) is 0 Å². The number of rotatable bonds is 7. The minimum Gasteiger partial charge on any atom is -0.478 e. The highest BCUT2D eigenvalue weighted by Gasteiger charge is 2.16. The number of hydrogen-bond donors (Lipinski definition) is 1. The molecule has 1 saturated heterocycles. The van der Waals surface area contributed by atoms with Crippen molar-refractivity contribution in [1.82, 2.24) is 4.90 Å². The van der Waals surface area contributed by atoms with Crippen molar-refractivity contribution in [3.8, 4) is 0 Å². The van der Waals surface area contributed by atoms with E-state index >= 15 is 0 Å². The Morgan fingerprint density at radius 1 is 0.824 bits per heavy atom. The van der Waals surface area contributed by atoms with Crippen LogP contribution in [0.1, 0.15) is 35.6 Å². The molecule has 0 atom stereocenters. The maximum absolute atomic E-state index is 10.9. The van der Waals surface area contributed by atoms with Gasteiger partial charge >= 0.3 is 5.97 Å². The molecule has 0 aliphatic carbocycles. The fraction of sp³-hybridized carbons (Fsp3) is 0.233. The molecule has 4 nitrogen and oxygen atoms in total. The fourth-order valence-corrected chi connectivity index (χ4v) is 4.51. The van der Waals surface area contributed by atoms with E-state index in [1.807, 2.05) is 18.2 Å². The van der Waals surface area contributed by atoms with Crippen molar-refractivity contribution in [2.24, 2.45) is 0 Å². The van der Waals surface area contributed by atoms with Crippen molar-refractivity contribution >= 4 is 28.9 Å². The van der Waals surface area contributed by atoms with Crippen LogP contribution in [0.2, 0.25) is 0 Å². The number of allylic oxidation sites excluding steroid dienone is 1. The monoisotopic (exact) mass is 452 g/mol. The highest BCUT2D eigenvalue weighted by molar-refractivity contribution is 5.99. The first-order chi connectivity index (χ1) is 16.5. The van der Waals surface area contributed by atoms with Gasteiger partial charge in [0, 0.05) is 37.9 Å². The second-order valence-electron chi connectivity index (χ2n) is 8.70. The summed E-state index contributed by atoms with van der Waals surface area (Å²) in [7, 11) is 2.18. The number of carbonyl (C=O) groups is 1. The van der Waals surface area contributed by atoms with Crippen LogP contribution in [0, 0.1) is 0 Å². The first kappa shape index (κ1) is 23.5. The zero-order valence-electron chi connectivity index (χ0n) is 19.9. The number of benzene rings is 3. The summed E-state index contributed by atoms with van der Waals surface area (Å²) in [5.74, 6) is -0.942.